The van der Waals surface area contributed by atoms with E-state index in [-0.39, 0.29) is 12.3 Å². The highest BCUT2D eigenvalue weighted by molar-refractivity contribution is 7.99. The first-order chi connectivity index (χ1) is 7.65. The van der Waals surface area contributed by atoms with Gasteiger partial charge in [-0.1, -0.05) is 19.9 Å². The van der Waals surface area contributed by atoms with E-state index in [0.29, 0.717) is 10.6 Å². The van der Waals surface area contributed by atoms with Gasteiger partial charge in [0.15, 0.2) is 0 Å². The Bertz CT molecular complexity index is 342. The molecule has 0 spiro atoms. The maximum atomic E-state index is 10.7. The highest BCUT2D eigenvalue weighted by Gasteiger charge is 2.13. The lowest BCUT2D eigenvalue weighted by molar-refractivity contribution is -0.387. The van der Waals surface area contributed by atoms with Gasteiger partial charge in [-0.3, -0.25) is 10.1 Å². The fourth-order valence-electron chi connectivity index (χ4n) is 1.05. The zero-order chi connectivity index (χ0) is 12.6. The average Bonchev–Trinajstić information content (AvgIpc) is 2.30. The molecule has 0 amide bonds. The molecule has 0 aliphatic carbocycles. The van der Waals surface area contributed by atoms with Gasteiger partial charge < -0.3 is 5.11 Å². The van der Waals surface area contributed by atoms with Crippen LogP contribution in [0.15, 0.2) is 23.1 Å². The Morgan fingerprint density at radius 2 is 2.06 bits per heavy atom. The van der Waals surface area contributed by atoms with Crippen molar-refractivity contribution < 1.29 is 10.0 Å². The van der Waals surface area contributed by atoms with E-state index in [1.807, 2.05) is 26.8 Å². The molecule has 90 valence electrons. The van der Waals surface area contributed by atoms with Crippen molar-refractivity contribution in [2.24, 2.45) is 0 Å². The summed E-state index contributed by atoms with van der Waals surface area (Å²) >= 11 is 1.29. The molecule has 0 atom stereocenters. The summed E-state index contributed by atoms with van der Waals surface area (Å²) in [6.07, 6.45) is 0. The normalized spacial score (nSPS) is 9.25. The molecule has 0 aromatic heterocycles. The number of benzene rings is 1. The van der Waals surface area contributed by atoms with Crippen molar-refractivity contribution in [3.05, 3.63) is 33.9 Å². The minimum absolute atomic E-state index is 0.0235. The Morgan fingerprint density at radius 1 is 1.44 bits per heavy atom. The third-order valence-electron chi connectivity index (χ3n) is 1.66. The summed E-state index contributed by atoms with van der Waals surface area (Å²) in [4.78, 5) is 10.9. The van der Waals surface area contributed by atoms with Gasteiger partial charge in [-0.2, -0.15) is 0 Å². The monoisotopic (exact) mass is 243 g/mol. The SMILES string of the molecule is CC.Cc1ccc(SCCO)c([N+](=O)[O-])c1. The molecule has 0 saturated heterocycles. The van der Waals surface area contributed by atoms with Gasteiger partial charge in [0.05, 0.1) is 16.4 Å². The van der Waals surface area contributed by atoms with E-state index in [9.17, 15) is 10.1 Å². The maximum Gasteiger partial charge on any atom is 0.283 e. The number of thioether (sulfide) groups is 1. The van der Waals surface area contributed by atoms with Crippen LogP contribution in [0.3, 0.4) is 0 Å². The van der Waals surface area contributed by atoms with Gasteiger partial charge in [-0.25, -0.2) is 0 Å². The number of nitro groups is 1. The molecule has 1 rings (SSSR count). The summed E-state index contributed by atoms with van der Waals surface area (Å²) in [5, 5.41) is 19.3. The number of aliphatic hydroxyl groups excluding tert-OH is 1. The quantitative estimate of drug-likeness (QED) is 0.501. The van der Waals surface area contributed by atoms with Crippen molar-refractivity contribution in [1.29, 1.82) is 0 Å². The number of hydrogen-bond donors (Lipinski definition) is 1. The minimum Gasteiger partial charge on any atom is -0.396 e. The van der Waals surface area contributed by atoms with Gasteiger partial charge >= 0.3 is 0 Å². The lowest BCUT2D eigenvalue weighted by Crippen LogP contribution is -1.93. The first kappa shape index (κ1) is 14.9. The molecule has 0 bridgehead atoms. The fraction of sp³-hybridized carbons (Fsp3) is 0.455. The molecule has 0 heterocycles. The van der Waals surface area contributed by atoms with E-state index in [2.05, 4.69) is 0 Å². The average molecular weight is 243 g/mol. The van der Waals surface area contributed by atoms with Crippen molar-refractivity contribution in [3.63, 3.8) is 0 Å². The van der Waals surface area contributed by atoms with Crippen LogP contribution in [-0.4, -0.2) is 22.4 Å². The third-order valence-corrected chi connectivity index (χ3v) is 2.70. The molecule has 0 unspecified atom stereocenters. The van der Waals surface area contributed by atoms with E-state index >= 15 is 0 Å². The molecular weight excluding hydrogens is 226 g/mol. The molecule has 1 aromatic rings. The zero-order valence-corrected chi connectivity index (χ0v) is 10.6. The molecule has 0 aliphatic rings. The molecule has 16 heavy (non-hydrogen) atoms. The van der Waals surface area contributed by atoms with Crippen LogP contribution in [0.2, 0.25) is 0 Å². The predicted octanol–water partition coefficient (Wildman–Crippen LogP) is 3.01. The summed E-state index contributed by atoms with van der Waals surface area (Å²) in [7, 11) is 0. The van der Waals surface area contributed by atoms with E-state index in [4.69, 9.17) is 5.11 Å². The van der Waals surface area contributed by atoms with Crippen LogP contribution in [0.1, 0.15) is 19.4 Å². The van der Waals surface area contributed by atoms with Gasteiger partial charge in [0.2, 0.25) is 0 Å². The Hall–Kier alpha value is -1.07. The topological polar surface area (TPSA) is 63.4 Å². The Balaban J connectivity index is 0.00000106. The number of aryl methyl sites for hydroxylation is 1. The Labute approximate surface area is 99.8 Å². The smallest absolute Gasteiger partial charge is 0.283 e. The molecule has 1 N–H and O–H groups in total. The van der Waals surface area contributed by atoms with Crippen LogP contribution in [0.25, 0.3) is 0 Å². The molecule has 0 fully saturated rings. The molecule has 0 aliphatic heterocycles. The van der Waals surface area contributed by atoms with Crippen molar-refractivity contribution in [1.82, 2.24) is 0 Å². The minimum atomic E-state index is -0.396. The second kappa shape index (κ2) is 8.13. The van der Waals surface area contributed by atoms with Gasteiger partial charge in [0.1, 0.15) is 0 Å². The number of nitrogens with zero attached hydrogens (tertiary/aromatic N) is 1. The summed E-state index contributed by atoms with van der Waals surface area (Å²) in [5.74, 6) is 0.476. The lowest BCUT2D eigenvalue weighted by atomic mass is 10.2. The number of hydrogen-bond acceptors (Lipinski definition) is 4. The van der Waals surface area contributed by atoms with E-state index in [1.165, 1.54) is 11.8 Å². The summed E-state index contributed by atoms with van der Waals surface area (Å²) < 4.78 is 0. The second-order valence-electron chi connectivity index (χ2n) is 2.80. The summed E-state index contributed by atoms with van der Waals surface area (Å²) in [6, 6.07) is 5.08. The highest BCUT2D eigenvalue weighted by atomic mass is 32.2. The molecule has 0 saturated carbocycles. The first-order valence-electron chi connectivity index (χ1n) is 5.14. The van der Waals surface area contributed by atoms with Crippen molar-refractivity contribution in [2.75, 3.05) is 12.4 Å². The second-order valence-corrected chi connectivity index (χ2v) is 3.94. The van der Waals surface area contributed by atoms with E-state index in [1.54, 1.807) is 12.1 Å². The Kier molecular flexibility index (Phi) is 7.58. The van der Waals surface area contributed by atoms with Crippen LogP contribution in [0.4, 0.5) is 5.69 Å². The van der Waals surface area contributed by atoms with Gasteiger partial charge in [0.25, 0.3) is 5.69 Å². The van der Waals surface area contributed by atoms with E-state index in [0.717, 1.165) is 5.56 Å². The summed E-state index contributed by atoms with van der Waals surface area (Å²) in [5.41, 5.74) is 0.980. The molecule has 5 heteroatoms. The highest BCUT2D eigenvalue weighted by Crippen LogP contribution is 2.29. The Morgan fingerprint density at radius 3 is 2.56 bits per heavy atom. The molecule has 1 aromatic carbocycles. The van der Waals surface area contributed by atoms with Crippen LogP contribution in [0, 0.1) is 17.0 Å². The molecule has 0 radical (unpaired) electrons. The fourth-order valence-corrected chi connectivity index (χ4v) is 1.80. The van der Waals surface area contributed by atoms with Gasteiger partial charge in [-0.15, -0.1) is 11.8 Å². The van der Waals surface area contributed by atoms with Crippen molar-refractivity contribution >= 4 is 17.4 Å². The van der Waals surface area contributed by atoms with Crippen molar-refractivity contribution in [2.45, 2.75) is 25.7 Å². The van der Waals surface area contributed by atoms with E-state index < -0.39 is 4.92 Å². The molecule has 4 nitrogen and oxygen atoms in total. The van der Waals surface area contributed by atoms with Crippen LogP contribution in [-0.2, 0) is 0 Å². The van der Waals surface area contributed by atoms with Crippen LogP contribution in [0.5, 0.6) is 0 Å². The predicted molar refractivity (Wildman–Crippen MR) is 67.0 cm³/mol. The number of aliphatic hydroxyl groups is 1. The largest absolute Gasteiger partial charge is 0.396 e. The van der Waals surface area contributed by atoms with Crippen LogP contribution >= 0.6 is 11.8 Å². The number of nitro benzene ring substituents is 1. The zero-order valence-electron chi connectivity index (χ0n) is 9.77. The number of rotatable bonds is 4. The summed E-state index contributed by atoms with van der Waals surface area (Å²) in [6.45, 7) is 5.84. The van der Waals surface area contributed by atoms with Gasteiger partial charge in [0, 0.05) is 11.8 Å². The first-order valence-corrected chi connectivity index (χ1v) is 6.12. The molecular formula is C11H17NO3S. The third kappa shape index (κ3) is 4.63. The standard InChI is InChI=1S/C9H11NO3S.C2H6/c1-7-2-3-9(14-5-4-11)8(6-7)10(12)13;1-2/h2-3,6,11H,4-5H2,1H3;1-2H3. The van der Waals surface area contributed by atoms with Crippen LogP contribution < -0.4 is 0 Å². The van der Waals surface area contributed by atoms with Gasteiger partial charge in [-0.05, 0) is 18.6 Å². The maximum absolute atomic E-state index is 10.7. The lowest BCUT2D eigenvalue weighted by Gasteiger charge is -2.01. The van der Waals surface area contributed by atoms with Crippen molar-refractivity contribution in [3.8, 4) is 0 Å².